The molecule has 0 saturated heterocycles. The second-order valence-corrected chi connectivity index (χ2v) is 6.42. The van der Waals surface area contributed by atoms with Gasteiger partial charge in [0, 0.05) is 35.5 Å². The van der Waals surface area contributed by atoms with Crippen LogP contribution in [0.1, 0.15) is 30.0 Å². The van der Waals surface area contributed by atoms with Crippen LogP contribution >= 0.6 is 0 Å². The van der Waals surface area contributed by atoms with Gasteiger partial charge >= 0.3 is 5.63 Å². The lowest BCUT2D eigenvalue weighted by Gasteiger charge is -2.08. The molecule has 0 spiro atoms. The molecule has 0 bridgehead atoms. The Bertz CT molecular complexity index is 1230. The molecule has 1 aromatic carbocycles. The number of pyridine rings is 1. The van der Waals surface area contributed by atoms with Crippen molar-refractivity contribution in [3.8, 4) is 11.8 Å². The number of aryl methyl sites for hydroxylation is 1. The molecule has 0 fully saturated rings. The SMILES string of the molecule is CCCc1cc(=O)oc2cc(OCc3cn4ccccc4c3C#N)ccc12. The number of aromatic nitrogens is 1. The van der Waals surface area contributed by atoms with Crippen molar-refractivity contribution in [2.75, 3.05) is 0 Å². The molecule has 0 aliphatic heterocycles. The van der Waals surface area contributed by atoms with Gasteiger partial charge in [-0.2, -0.15) is 5.26 Å². The monoisotopic (exact) mass is 358 g/mol. The molecule has 0 aliphatic rings. The van der Waals surface area contributed by atoms with Gasteiger partial charge in [-0.1, -0.05) is 19.4 Å². The first-order valence-electron chi connectivity index (χ1n) is 8.88. The summed E-state index contributed by atoms with van der Waals surface area (Å²) in [6, 6.07) is 15.0. The number of benzene rings is 1. The summed E-state index contributed by atoms with van der Waals surface area (Å²) in [7, 11) is 0. The van der Waals surface area contributed by atoms with E-state index in [0.29, 0.717) is 16.9 Å². The number of rotatable bonds is 5. The molecule has 5 heteroatoms. The first-order valence-corrected chi connectivity index (χ1v) is 8.88. The summed E-state index contributed by atoms with van der Waals surface area (Å²) in [5.74, 6) is 0.596. The van der Waals surface area contributed by atoms with Crippen molar-refractivity contribution >= 4 is 16.5 Å². The molecular weight excluding hydrogens is 340 g/mol. The quantitative estimate of drug-likeness (QED) is 0.494. The molecular formula is C22H18N2O3. The van der Waals surface area contributed by atoms with Crippen LogP contribution in [-0.4, -0.2) is 4.40 Å². The summed E-state index contributed by atoms with van der Waals surface area (Å²) in [5.41, 5.74) is 3.42. The van der Waals surface area contributed by atoms with E-state index in [0.717, 1.165) is 34.9 Å². The highest BCUT2D eigenvalue weighted by atomic mass is 16.5. The molecule has 134 valence electrons. The van der Waals surface area contributed by atoms with E-state index in [1.165, 1.54) is 0 Å². The summed E-state index contributed by atoms with van der Waals surface area (Å²) in [6.07, 6.45) is 5.58. The third-order valence-electron chi connectivity index (χ3n) is 4.59. The minimum atomic E-state index is -0.353. The van der Waals surface area contributed by atoms with Crippen molar-refractivity contribution in [1.29, 1.82) is 5.26 Å². The summed E-state index contributed by atoms with van der Waals surface area (Å²) in [5, 5.41) is 10.4. The highest BCUT2D eigenvalue weighted by molar-refractivity contribution is 5.81. The molecule has 0 aliphatic carbocycles. The van der Waals surface area contributed by atoms with Gasteiger partial charge in [-0.25, -0.2) is 4.79 Å². The molecule has 4 aromatic rings. The van der Waals surface area contributed by atoms with Crippen LogP contribution in [0.3, 0.4) is 0 Å². The van der Waals surface area contributed by atoms with E-state index < -0.39 is 0 Å². The van der Waals surface area contributed by atoms with Crippen molar-refractivity contribution in [3.63, 3.8) is 0 Å². The van der Waals surface area contributed by atoms with Crippen LogP contribution in [0, 0.1) is 11.3 Å². The van der Waals surface area contributed by atoms with E-state index in [4.69, 9.17) is 9.15 Å². The maximum atomic E-state index is 11.8. The highest BCUT2D eigenvalue weighted by Gasteiger charge is 2.11. The molecule has 4 rings (SSSR count). The van der Waals surface area contributed by atoms with Gasteiger partial charge in [-0.15, -0.1) is 0 Å². The smallest absolute Gasteiger partial charge is 0.336 e. The van der Waals surface area contributed by atoms with Gasteiger partial charge in [0.25, 0.3) is 0 Å². The number of hydrogen-bond donors (Lipinski definition) is 0. The molecule has 0 unspecified atom stereocenters. The molecule has 27 heavy (non-hydrogen) atoms. The minimum Gasteiger partial charge on any atom is -0.489 e. The van der Waals surface area contributed by atoms with E-state index in [9.17, 15) is 10.1 Å². The van der Waals surface area contributed by atoms with E-state index in [1.54, 1.807) is 12.1 Å². The third-order valence-corrected chi connectivity index (χ3v) is 4.59. The molecule has 0 amide bonds. The first kappa shape index (κ1) is 16.9. The number of fused-ring (bicyclic) bond motifs is 2. The van der Waals surface area contributed by atoms with E-state index in [-0.39, 0.29) is 12.2 Å². The lowest BCUT2D eigenvalue weighted by Crippen LogP contribution is -2.01. The van der Waals surface area contributed by atoms with Crippen LogP contribution in [-0.2, 0) is 13.0 Å². The zero-order valence-corrected chi connectivity index (χ0v) is 14.9. The molecule has 3 aromatic heterocycles. The molecule has 5 nitrogen and oxygen atoms in total. The Labute approximate surface area is 156 Å². The number of nitriles is 1. The molecule has 3 heterocycles. The van der Waals surface area contributed by atoms with E-state index in [2.05, 4.69) is 13.0 Å². The van der Waals surface area contributed by atoms with Crippen LogP contribution in [0.15, 0.2) is 64.1 Å². The van der Waals surface area contributed by atoms with E-state index in [1.807, 2.05) is 47.1 Å². The van der Waals surface area contributed by atoms with Gasteiger partial charge in [0.15, 0.2) is 0 Å². The topological polar surface area (TPSA) is 67.6 Å². The second kappa shape index (κ2) is 7.00. The minimum absolute atomic E-state index is 0.259. The van der Waals surface area contributed by atoms with Gasteiger partial charge in [0.2, 0.25) is 0 Å². The molecule has 0 N–H and O–H groups in total. The Kier molecular flexibility index (Phi) is 4.39. The fourth-order valence-electron chi connectivity index (χ4n) is 3.35. The summed E-state index contributed by atoms with van der Waals surface area (Å²) < 4.78 is 13.1. The summed E-state index contributed by atoms with van der Waals surface area (Å²) >= 11 is 0. The van der Waals surface area contributed by atoms with Crippen LogP contribution < -0.4 is 10.4 Å². The number of hydrogen-bond acceptors (Lipinski definition) is 4. The Balaban J connectivity index is 1.65. The maximum Gasteiger partial charge on any atom is 0.336 e. The average Bonchev–Trinajstić information content (AvgIpc) is 3.03. The average molecular weight is 358 g/mol. The fourth-order valence-corrected chi connectivity index (χ4v) is 3.35. The van der Waals surface area contributed by atoms with Crippen LogP contribution in [0.5, 0.6) is 5.75 Å². The zero-order chi connectivity index (χ0) is 18.8. The first-order chi connectivity index (χ1) is 13.2. The Morgan fingerprint density at radius 1 is 1.19 bits per heavy atom. The van der Waals surface area contributed by atoms with Gasteiger partial charge in [-0.3, -0.25) is 0 Å². The van der Waals surface area contributed by atoms with Crippen LogP contribution in [0.2, 0.25) is 0 Å². The highest BCUT2D eigenvalue weighted by Crippen LogP contribution is 2.25. The largest absolute Gasteiger partial charge is 0.489 e. The second-order valence-electron chi connectivity index (χ2n) is 6.42. The van der Waals surface area contributed by atoms with Crippen molar-refractivity contribution in [2.45, 2.75) is 26.4 Å². The van der Waals surface area contributed by atoms with Crippen molar-refractivity contribution in [2.24, 2.45) is 0 Å². The van der Waals surface area contributed by atoms with Gasteiger partial charge in [0.05, 0.1) is 11.1 Å². The van der Waals surface area contributed by atoms with Gasteiger partial charge in [0.1, 0.15) is 24.0 Å². The van der Waals surface area contributed by atoms with Crippen molar-refractivity contribution < 1.29 is 9.15 Å². The summed E-state index contributed by atoms with van der Waals surface area (Å²) in [6.45, 7) is 2.33. The zero-order valence-electron chi connectivity index (χ0n) is 14.9. The lowest BCUT2D eigenvalue weighted by molar-refractivity contribution is 0.306. The predicted molar refractivity (Wildman–Crippen MR) is 103 cm³/mol. The van der Waals surface area contributed by atoms with E-state index >= 15 is 0 Å². The molecule has 0 atom stereocenters. The Morgan fingerprint density at radius 2 is 2.07 bits per heavy atom. The Hall–Kier alpha value is -3.52. The maximum absolute atomic E-state index is 11.8. The number of nitrogens with zero attached hydrogens (tertiary/aromatic N) is 2. The summed E-state index contributed by atoms with van der Waals surface area (Å²) in [4.78, 5) is 11.8. The van der Waals surface area contributed by atoms with Crippen LogP contribution in [0.25, 0.3) is 16.5 Å². The predicted octanol–water partition coefficient (Wildman–Crippen LogP) is 4.45. The van der Waals surface area contributed by atoms with Gasteiger partial charge < -0.3 is 13.6 Å². The van der Waals surface area contributed by atoms with Crippen molar-refractivity contribution in [1.82, 2.24) is 4.40 Å². The normalized spacial score (nSPS) is 11.0. The molecule has 0 saturated carbocycles. The van der Waals surface area contributed by atoms with Gasteiger partial charge in [-0.05, 0) is 36.2 Å². The van der Waals surface area contributed by atoms with Crippen molar-refractivity contribution in [3.05, 3.63) is 82.0 Å². The number of ether oxygens (including phenoxy) is 1. The van der Waals surface area contributed by atoms with Crippen LogP contribution in [0.4, 0.5) is 0 Å². The fraction of sp³-hybridized carbons (Fsp3) is 0.182. The standard InChI is InChI=1S/C22H18N2O3/c1-2-5-15-10-22(25)27-21-11-17(7-8-18(15)21)26-14-16-13-24-9-4-3-6-20(24)19(16)12-23/h3-4,6-11,13H,2,5,14H2,1H3. The third kappa shape index (κ3) is 3.18. The Morgan fingerprint density at radius 3 is 2.89 bits per heavy atom. The molecule has 0 radical (unpaired) electrons. The lowest BCUT2D eigenvalue weighted by atomic mass is 10.1.